The maximum atomic E-state index is 12.0. The molecule has 1 aromatic heterocycles. The highest BCUT2D eigenvalue weighted by molar-refractivity contribution is 7.89. The summed E-state index contributed by atoms with van der Waals surface area (Å²) >= 11 is 0. The van der Waals surface area contributed by atoms with Crippen LogP contribution in [-0.4, -0.2) is 17.6 Å². The Hall–Kier alpha value is -1.62. The first kappa shape index (κ1) is 10.9. The second kappa shape index (κ2) is 4.09. The van der Waals surface area contributed by atoms with E-state index < -0.39 is 10.0 Å². The minimum Gasteiger partial charge on any atom is -0.199 e. The molecule has 1 aromatic carbocycles. The third-order valence-corrected chi connectivity index (χ3v) is 3.93. The highest BCUT2D eigenvalue weighted by Crippen LogP contribution is 2.13. The summed E-state index contributed by atoms with van der Waals surface area (Å²) in [5.41, 5.74) is 1.11. The minimum absolute atomic E-state index is 0.258. The van der Waals surface area contributed by atoms with Gasteiger partial charge in [0, 0.05) is 6.20 Å². The molecule has 2 aromatic rings. The lowest BCUT2D eigenvalue weighted by Crippen LogP contribution is -2.13. The van der Waals surface area contributed by atoms with Crippen LogP contribution in [0, 0.1) is 0 Å². The monoisotopic (exact) mass is 236 g/mol. The van der Waals surface area contributed by atoms with Gasteiger partial charge in [-0.15, -0.1) is 0 Å². The van der Waals surface area contributed by atoms with E-state index in [2.05, 4.69) is 5.10 Å². The molecule has 2 rings (SSSR count). The van der Waals surface area contributed by atoms with E-state index in [9.17, 15) is 8.42 Å². The molecule has 0 aliphatic carbocycles. The van der Waals surface area contributed by atoms with Crippen molar-refractivity contribution in [2.24, 2.45) is 0 Å². The van der Waals surface area contributed by atoms with Gasteiger partial charge in [-0.2, -0.15) is 17.6 Å². The average molecular weight is 236 g/mol. The molecular weight excluding hydrogens is 224 g/mol. The van der Waals surface area contributed by atoms with Gasteiger partial charge in [-0.1, -0.05) is 19.1 Å². The molecule has 0 aliphatic rings. The van der Waals surface area contributed by atoms with Gasteiger partial charge >= 0.3 is 0 Å². The average Bonchev–Trinajstić information content (AvgIpc) is 2.83. The Morgan fingerprint density at radius 3 is 2.44 bits per heavy atom. The Kier molecular flexibility index (Phi) is 2.78. The van der Waals surface area contributed by atoms with Crippen LogP contribution in [0.3, 0.4) is 0 Å². The third kappa shape index (κ3) is 1.86. The molecule has 0 saturated heterocycles. The van der Waals surface area contributed by atoms with Crippen molar-refractivity contribution in [3.05, 3.63) is 48.3 Å². The standard InChI is InChI=1S/C11H12N2O2S/c1-2-10-4-6-11(7-5-10)16(14,15)13-9-3-8-12-13/h3-9H,2H2,1H3. The van der Waals surface area contributed by atoms with E-state index in [1.807, 2.05) is 19.1 Å². The molecule has 16 heavy (non-hydrogen) atoms. The largest absolute Gasteiger partial charge is 0.282 e. The third-order valence-electron chi connectivity index (χ3n) is 2.36. The number of rotatable bonds is 3. The zero-order valence-corrected chi connectivity index (χ0v) is 9.68. The predicted octanol–water partition coefficient (Wildman–Crippen LogP) is 1.68. The summed E-state index contributed by atoms with van der Waals surface area (Å²) in [7, 11) is -3.52. The first-order valence-electron chi connectivity index (χ1n) is 4.99. The van der Waals surface area contributed by atoms with Crippen LogP contribution in [0.1, 0.15) is 12.5 Å². The number of aryl methyl sites for hydroxylation is 1. The van der Waals surface area contributed by atoms with Gasteiger partial charge < -0.3 is 0 Å². The van der Waals surface area contributed by atoms with Gasteiger partial charge in [-0.3, -0.25) is 0 Å². The molecule has 0 spiro atoms. The molecule has 0 N–H and O–H groups in total. The van der Waals surface area contributed by atoms with Crippen LogP contribution in [-0.2, 0) is 16.4 Å². The van der Waals surface area contributed by atoms with Crippen molar-refractivity contribution in [2.75, 3.05) is 0 Å². The summed E-state index contributed by atoms with van der Waals surface area (Å²) in [5.74, 6) is 0. The summed E-state index contributed by atoms with van der Waals surface area (Å²) in [4.78, 5) is 0.258. The summed E-state index contributed by atoms with van der Waals surface area (Å²) in [6, 6.07) is 8.43. The van der Waals surface area contributed by atoms with Crippen molar-refractivity contribution in [1.82, 2.24) is 9.19 Å². The lowest BCUT2D eigenvalue weighted by molar-refractivity contribution is 0.580. The predicted molar refractivity (Wildman–Crippen MR) is 60.6 cm³/mol. The van der Waals surface area contributed by atoms with E-state index in [0.717, 1.165) is 16.1 Å². The number of benzene rings is 1. The molecule has 0 bridgehead atoms. The van der Waals surface area contributed by atoms with Crippen LogP contribution >= 0.6 is 0 Å². The summed E-state index contributed by atoms with van der Waals surface area (Å²) < 4.78 is 25.0. The second-order valence-corrected chi connectivity index (χ2v) is 5.18. The molecule has 84 valence electrons. The Labute approximate surface area is 94.6 Å². The maximum Gasteiger partial charge on any atom is 0.282 e. The molecule has 0 unspecified atom stereocenters. The number of aromatic nitrogens is 2. The molecule has 0 saturated carbocycles. The number of nitrogens with zero attached hydrogens (tertiary/aromatic N) is 2. The maximum absolute atomic E-state index is 12.0. The van der Waals surface area contributed by atoms with E-state index in [4.69, 9.17) is 0 Å². The van der Waals surface area contributed by atoms with Gasteiger partial charge in [0.2, 0.25) is 0 Å². The van der Waals surface area contributed by atoms with Crippen molar-refractivity contribution >= 4 is 10.0 Å². The molecule has 0 atom stereocenters. The first-order chi connectivity index (χ1) is 7.64. The van der Waals surface area contributed by atoms with E-state index in [1.54, 1.807) is 18.2 Å². The summed E-state index contributed by atoms with van der Waals surface area (Å²) in [6.45, 7) is 2.02. The van der Waals surface area contributed by atoms with Gasteiger partial charge in [0.1, 0.15) is 0 Å². The van der Waals surface area contributed by atoms with Crippen LogP contribution in [0.4, 0.5) is 0 Å². The van der Waals surface area contributed by atoms with E-state index >= 15 is 0 Å². The van der Waals surface area contributed by atoms with Gasteiger partial charge in [0.15, 0.2) is 0 Å². The Balaban J connectivity index is 2.44. The van der Waals surface area contributed by atoms with Crippen LogP contribution < -0.4 is 0 Å². The van der Waals surface area contributed by atoms with Crippen molar-refractivity contribution in [3.8, 4) is 0 Å². The smallest absolute Gasteiger partial charge is 0.199 e. The lowest BCUT2D eigenvalue weighted by Gasteiger charge is -2.04. The van der Waals surface area contributed by atoms with E-state index in [0.29, 0.717) is 0 Å². The quantitative estimate of drug-likeness (QED) is 0.814. The van der Waals surface area contributed by atoms with E-state index in [1.165, 1.54) is 12.4 Å². The molecule has 0 radical (unpaired) electrons. The molecule has 0 aliphatic heterocycles. The van der Waals surface area contributed by atoms with Crippen molar-refractivity contribution < 1.29 is 8.42 Å². The molecule has 0 amide bonds. The fourth-order valence-corrected chi connectivity index (χ4v) is 2.51. The fourth-order valence-electron chi connectivity index (χ4n) is 1.40. The van der Waals surface area contributed by atoms with Gasteiger partial charge in [0.05, 0.1) is 11.1 Å². The number of hydrogen-bond donors (Lipinski definition) is 0. The van der Waals surface area contributed by atoms with Crippen molar-refractivity contribution in [1.29, 1.82) is 0 Å². The van der Waals surface area contributed by atoms with Gasteiger partial charge in [-0.25, -0.2) is 0 Å². The van der Waals surface area contributed by atoms with Crippen LogP contribution in [0.25, 0.3) is 0 Å². The summed E-state index contributed by atoms with van der Waals surface area (Å²) in [6.07, 6.45) is 3.75. The molecule has 5 heteroatoms. The molecule has 4 nitrogen and oxygen atoms in total. The minimum atomic E-state index is -3.52. The zero-order chi connectivity index (χ0) is 11.6. The molecular formula is C11H12N2O2S. The second-order valence-electron chi connectivity index (χ2n) is 3.38. The first-order valence-corrected chi connectivity index (χ1v) is 6.43. The summed E-state index contributed by atoms with van der Waals surface area (Å²) in [5, 5.41) is 3.74. The van der Waals surface area contributed by atoms with Crippen molar-refractivity contribution in [2.45, 2.75) is 18.2 Å². The van der Waals surface area contributed by atoms with Gasteiger partial charge in [0.25, 0.3) is 10.0 Å². The lowest BCUT2D eigenvalue weighted by atomic mass is 10.2. The molecule has 0 fully saturated rings. The van der Waals surface area contributed by atoms with Crippen LogP contribution in [0.5, 0.6) is 0 Å². The van der Waals surface area contributed by atoms with Gasteiger partial charge in [-0.05, 0) is 30.2 Å². The Bertz CT molecular complexity index is 557. The van der Waals surface area contributed by atoms with Crippen molar-refractivity contribution in [3.63, 3.8) is 0 Å². The molecule has 1 heterocycles. The highest BCUT2D eigenvalue weighted by Gasteiger charge is 2.16. The fraction of sp³-hybridized carbons (Fsp3) is 0.182. The van der Waals surface area contributed by atoms with E-state index in [-0.39, 0.29) is 4.90 Å². The Morgan fingerprint density at radius 2 is 1.94 bits per heavy atom. The topological polar surface area (TPSA) is 52.0 Å². The normalized spacial score (nSPS) is 11.6. The number of hydrogen-bond acceptors (Lipinski definition) is 3. The zero-order valence-electron chi connectivity index (χ0n) is 8.87. The SMILES string of the molecule is CCc1ccc(S(=O)(=O)n2cccn2)cc1. The van der Waals surface area contributed by atoms with Crippen LogP contribution in [0.15, 0.2) is 47.6 Å². The Morgan fingerprint density at radius 1 is 1.25 bits per heavy atom. The highest BCUT2D eigenvalue weighted by atomic mass is 32.2. The van der Waals surface area contributed by atoms with Crippen LogP contribution in [0.2, 0.25) is 0 Å².